The molecule has 0 fully saturated rings. The Balaban J connectivity index is 1.39. The van der Waals surface area contributed by atoms with Crippen molar-refractivity contribution < 1.29 is 19.5 Å². The van der Waals surface area contributed by atoms with Gasteiger partial charge >= 0.3 is 0 Å². The molecule has 1 aromatic heterocycles. The van der Waals surface area contributed by atoms with E-state index in [1.807, 2.05) is 91.0 Å². The van der Waals surface area contributed by atoms with Gasteiger partial charge in [0.1, 0.15) is 11.2 Å². The summed E-state index contributed by atoms with van der Waals surface area (Å²) in [6, 6.07) is 24.1. The van der Waals surface area contributed by atoms with Gasteiger partial charge in [0, 0.05) is 21.8 Å². The number of rotatable bonds is 4. The Hall–Kier alpha value is -5.86. The van der Waals surface area contributed by atoms with Crippen LogP contribution in [0.1, 0.15) is 15.1 Å². The summed E-state index contributed by atoms with van der Waals surface area (Å²) in [7, 11) is 0. The molecule has 8 aromatic carbocycles. The predicted molar refractivity (Wildman–Crippen MR) is 186 cm³/mol. The van der Waals surface area contributed by atoms with Crippen LogP contribution in [-0.4, -0.2) is 0 Å². The van der Waals surface area contributed by atoms with Crippen LogP contribution in [0.25, 0.3) is 65.4 Å². The van der Waals surface area contributed by atoms with Crippen LogP contribution >= 0.6 is 0 Å². The van der Waals surface area contributed by atoms with Gasteiger partial charge in [-0.15, -0.1) is 0 Å². The summed E-state index contributed by atoms with van der Waals surface area (Å²) >= 11 is 0. The smallest absolute Gasteiger partial charge is 0.143 e. The summed E-state index contributed by atoms with van der Waals surface area (Å²) in [5.41, 5.74) is 1.32. The Morgan fingerprint density at radius 1 is 0.477 bits per heavy atom. The summed E-state index contributed by atoms with van der Waals surface area (Å²) in [6.45, 7) is 0. The lowest BCUT2D eigenvalue weighted by atomic mass is 10.00. The van der Waals surface area contributed by atoms with Gasteiger partial charge in [0.05, 0.1) is 31.8 Å². The molecule has 9 aromatic rings. The highest BCUT2D eigenvalue weighted by Gasteiger charge is 2.21. The molecule has 44 heavy (non-hydrogen) atoms. The third-order valence-electron chi connectivity index (χ3n) is 7.95. The summed E-state index contributed by atoms with van der Waals surface area (Å²) in [5.74, 6) is 0. The lowest BCUT2D eigenvalue weighted by Crippen LogP contribution is -2.10. The minimum absolute atomic E-state index is 0.107. The van der Waals surface area contributed by atoms with Gasteiger partial charge < -0.3 is 9.32 Å². The Kier molecular flexibility index (Phi) is 3.61. The fourth-order valence-corrected chi connectivity index (χ4v) is 5.94. The van der Waals surface area contributed by atoms with E-state index in [0.29, 0.717) is 27.9 Å². The molecule has 206 valence electrons. The van der Waals surface area contributed by atoms with Crippen molar-refractivity contribution in [2.45, 2.75) is 0 Å². The second-order valence-corrected chi connectivity index (χ2v) is 10.5. The fraction of sp³-hybridized carbons (Fsp3) is 0. The molecule has 0 saturated carbocycles. The summed E-state index contributed by atoms with van der Waals surface area (Å²) < 4.78 is 104. The largest absolute Gasteiger partial charge is 0.455 e. The highest BCUT2D eigenvalue weighted by atomic mass is 16.3. The highest BCUT2D eigenvalue weighted by molar-refractivity contribution is 6.20. The Morgan fingerprint density at radius 2 is 1.16 bits per heavy atom. The molecule has 2 nitrogen and oxygen atoms in total. The minimum atomic E-state index is -0.649. The molecule has 9 rings (SSSR count). The molecular weight excluding hydrogens is 534 g/mol. The number of nitrogens with zero attached hydrogens (tertiary/aromatic N) is 1. The molecule has 0 aliphatic carbocycles. The summed E-state index contributed by atoms with van der Waals surface area (Å²) in [6.07, 6.45) is 0. The Morgan fingerprint density at radius 3 is 2.02 bits per heavy atom. The summed E-state index contributed by atoms with van der Waals surface area (Å²) in [4.78, 5) is 1.69. The molecule has 0 amide bonds. The van der Waals surface area contributed by atoms with E-state index in [4.69, 9.17) is 14.0 Å². The van der Waals surface area contributed by atoms with Crippen LogP contribution in [0.15, 0.2) is 168 Å². The lowest BCUT2D eigenvalue weighted by Gasteiger charge is -2.27. The quantitative estimate of drug-likeness (QED) is 0.209. The van der Waals surface area contributed by atoms with E-state index in [9.17, 15) is 5.48 Å². The van der Waals surface area contributed by atoms with Crippen LogP contribution in [0, 0.1) is 0 Å². The average Bonchev–Trinajstić information content (AvgIpc) is 3.59. The molecule has 1 heterocycles. The molecule has 0 aliphatic heterocycles. The molecule has 0 radical (unpaired) electrons. The first kappa shape index (κ1) is 16.1. The maximum absolute atomic E-state index is 9.55. The van der Waals surface area contributed by atoms with E-state index in [0.717, 1.165) is 26.9 Å². The Bertz CT molecular complexity index is 3100. The van der Waals surface area contributed by atoms with Crippen molar-refractivity contribution in [1.29, 1.82) is 0 Å². The zero-order valence-corrected chi connectivity index (χ0v) is 23.1. The standard InChI is InChI=1S/C42H27NO/c1-2-12-32-27-33(20-19-28(32)9-1)29-21-24-34(25-22-29)43(38-16-7-13-30-10-3-5-14-35(30)38)39-17-8-18-40-41(39)37-26-23-31-11-4-6-15-36(31)42(37)44-40/h1-27H/i1D,2D,9D,12D,19D,20D,21D,22D,24D,25D,27D. The first-order valence-corrected chi connectivity index (χ1v) is 14.1. The zero-order valence-electron chi connectivity index (χ0n) is 34.1. The topological polar surface area (TPSA) is 16.4 Å². The van der Waals surface area contributed by atoms with Gasteiger partial charge in [-0.25, -0.2) is 0 Å². The van der Waals surface area contributed by atoms with E-state index in [1.54, 1.807) is 11.0 Å². The zero-order chi connectivity index (χ0) is 38.6. The molecule has 0 bridgehead atoms. The molecule has 0 unspecified atom stereocenters. The highest BCUT2D eigenvalue weighted by Crippen LogP contribution is 2.46. The number of benzene rings is 8. The maximum atomic E-state index is 9.55. The second-order valence-electron chi connectivity index (χ2n) is 10.5. The molecule has 0 aliphatic rings. The van der Waals surface area contributed by atoms with E-state index < -0.39 is 77.6 Å². The van der Waals surface area contributed by atoms with Gasteiger partial charge in [0.15, 0.2) is 0 Å². The third kappa shape index (κ3) is 3.89. The van der Waals surface area contributed by atoms with Gasteiger partial charge in [-0.05, 0) is 75.1 Å². The van der Waals surface area contributed by atoms with Crippen LogP contribution in [0.4, 0.5) is 17.1 Å². The van der Waals surface area contributed by atoms with Crippen LogP contribution in [0.5, 0.6) is 0 Å². The van der Waals surface area contributed by atoms with Crippen molar-refractivity contribution in [1.82, 2.24) is 0 Å². The lowest BCUT2D eigenvalue weighted by molar-refractivity contribution is 0.672. The molecular formula is C42H27NO. The van der Waals surface area contributed by atoms with E-state index in [1.165, 1.54) is 0 Å². The fourth-order valence-electron chi connectivity index (χ4n) is 5.94. The number of fused-ring (bicyclic) bond motifs is 7. The maximum Gasteiger partial charge on any atom is 0.143 e. The molecule has 2 heteroatoms. The molecule has 0 spiro atoms. The van der Waals surface area contributed by atoms with E-state index in [2.05, 4.69) is 0 Å². The predicted octanol–water partition coefficient (Wildman–Crippen LogP) is 12.2. The van der Waals surface area contributed by atoms with E-state index >= 15 is 0 Å². The third-order valence-corrected chi connectivity index (χ3v) is 7.95. The molecule has 0 N–H and O–H groups in total. The van der Waals surface area contributed by atoms with Gasteiger partial charge in [0.25, 0.3) is 0 Å². The summed E-state index contributed by atoms with van der Waals surface area (Å²) in [5, 5.41) is 4.32. The van der Waals surface area contributed by atoms with Crippen LogP contribution < -0.4 is 4.90 Å². The average molecular weight is 573 g/mol. The monoisotopic (exact) mass is 572 g/mol. The molecule has 0 saturated heterocycles. The van der Waals surface area contributed by atoms with Crippen LogP contribution in [-0.2, 0) is 0 Å². The van der Waals surface area contributed by atoms with Gasteiger partial charge in [-0.1, -0.05) is 121 Å². The van der Waals surface area contributed by atoms with Crippen molar-refractivity contribution >= 4 is 71.3 Å². The SMILES string of the molecule is [2H]c1c([2H])c(N(c2cccc3ccccc23)c2cccc3oc4c5ccccc5ccc4c23)c([2H])c([2H])c1-c1c([2H])c([2H])c2c([2H])c([2H])c([2H])c([2H])c2c1[2H]. The van der Waals surface area contributed by atoms with Crippen molar-refractivity contribution in [3.63, 3.8) is 0 Å². The molecule has 0 atom stereocenters. The van der Waals surface area contributed by atoms with Crippen molar-refractivity contribution in [2.75, 3.05) is 4.90 Å². The number of anilines is 3. The normalized spacial score (nSPS) is 15.1. The van der Waals surface area contributed by atoms with Crippen molar-refractivity contribution in [2.24, 2.45) is 0 Å². The Labute approximate surface area is 270 Å². The van der Waals surface area contributed by atoms with Gasteiger partial charge in [-0.3, -0.25) is 0 Å². The first-order valence-electron chi connectivity index (χ1n) is 19.6. The van der Waals surface area contributed by atoms with Gasteiger partial charge in [0.2, 0.25) is 0 Å². The van der Waals surface area contributed by atoms with Gasteiger partial charge in [-0.2, -0.15) is 0 Å². The number of hydrogen-bond acceptors (Lipinski definition) is 2. The number of furan rings is 1. The first-order chi connectivity index (χ1) is 26.4. The van der Waals surface area contributed by atoms with E-state index in [-0.39, 0.29) is 16.5 Å². The van der Waals surface area contributed by atoms with Crippen molar-refractivity contribution in [3.8, 4) is 11.1 Å². The minimum Gasteiger partial charge on any atom is -0.455 e. The van der Waals surface area contributed by atoms with Crippen LogP contribution in [0.2, 0.25) is 0 Å². The second kappa shape index (κ2) is 9.86. The number of hydrogen-bond donors (Lipinski definition) is 0. The van der Waals surface area contributed by atoms with Crippen molar-refractivity contribution in [3.05, 3.63) is 164 Å². The van der Waals surface area contributed by atoms with Crippen LogP contribution in [0.3, 0.4) is 0 Å².